The van der Waals surface area contributed by atoms with Gasteiger partial charge in [-0.3, -0.25) is 4.79 Å². The largest absolute Gasteiger partial charge is 0.393 e. The Balaban J connectivity index is 1.42. The number of unbranched alkanes of at least 4 members (excludes halogenated alkanes) is 9. The number of hydrogen-bond donors (Lipinski definition) is 2. The fourth-order valence-corrected chi connectivity index (χ4v) is 4.88. The zero-order chi connectivity index (χ0) is 18.1. The second-order valence-electron chi connectivity index (χ2n) is 8.61. The van der Waals surface area contributed by atoms with E-state index in [0.717, 1.165) is 25.7 Å². The molecular weight excluding hydrogens is 312 g/mol. The van der Waals surface area contributed by atoms with Crippen molar-refractivity contribution >= 4 is 5.78 Å². The van der Waals surface area contributed by atoms with Gasteiger partial charge in [-0.05, 0) is 37.5 Å². The van der Waals surface area contributed by atoms with Crippen molar-refractivity contribution in [3.8, 4) is 0 Å². The number of rotatable bonds is 14. The molecule has 0 aromatic rings. The van der Waals surface area contributed by atoms with Gasteiger partial charge in [0.25, 0.3) is 0 Å². The molecule has 2 N–H and O–H groups in total. The van der Waals surface area contributed by atoms with Crippen molar-refractivity contribution in [1.82, 2.24) is 0 Å². The van der Waals surface area contributed by atoms with Gasteiger partial charge < -0.3 is 10.2 Å². The summed E-state index contributed by atoms with van der Waals surface area (Å²) >= 11 is 0. The maximum atomic E-state index is 11.5. The molecule has 3 heteroatoms. The Morgan fingerprint density at radius 1 is 0.960 bits per heavy atom. The first-order chi connectivity index (χ1) is 12.1. The summed E-state index contributed by atoms with van der Waals surface area (Å²) in [6.07, 6.45) is 16.6. The molecule has 2 fully saturated rings. The quantitative estimate of drug-likeness (QED) is 0.431. The Bertz CT molecular complexity index is 381. The van der Waals surface area contributed by atoms with Gasteiger partial charge >= 0.3 is 0 Å². The molecule has 146 valence electrons. The van der Waals surface area contributed by atoms with Gasteiger partial charge in [0.15, 0.2) is 0 Å². The number of aliphatic hydroxyl groups excluding tert-OH is 2. The number of hydrogen-bond acceptors (Lipinski definition) is 3. The molecule has 2 aliphatic carbocycles. The molecule has 0 heterocycles. The average Bonchev–Trinajstić information content (AvgIpc) is 2.85. The van der Waals surface area contributed by atoms with Crippen LogP contribution >= 0.6 is 0 Å². The molecule has 0 radical (unpaired) electrons. The highest BCUT2D eigenvalue weighted by Crippen LogP contribution is 2.49. The van der Waals surface area contributed by atoms with Gasteiger partial charge in [0.05, 0.1) is 12.2 Å². The van der Waals surface area contributed by atoms with E-state index in [1.54, 1.807) is 0 Å². The zero-order valence-electron chi connectivity index (χ0n) is 16.3. The molecule has 25 heavy (non-hydrogen) atoms. The van der Waals surface area contributed by atoms with E-state index >= 15 is 0 Å². The molecule has 0 bridgehead atoms. The SMILES string of the molecule is CCCCCCCCCCCCC(O)CCC1C(O)CC2C(=O)CC21. The van der Waals surface area contributed by atoms with Gasteiger partial charge in [-0.2, -0.15) is 0 Å². The summed E-state index contributed by atoms with van der Waals surface area (Å²) in [5, 5.41) is 20.3. The van der Waals surface area contributed by atoms with Crippen molar-refractivity contribution in [1.29, 1.82) is 0 Å². The van der Waals surface area contributed by atoms with Crippen molar-refractivity contribution in [3.63, 3.8) is 0 Å². The molecule has 3 nitrogen and oxygen atoms in total. The summed E-state index contributed by atoms with van der Waals surface area (Å²) in [6.45, 7) is 2.26. The predicted molar refractivity (Wildman–Crippen MR) is 102 cm³/mol. The van der Waals surface area contributed by atoms with Crippen molar-refractivity contribution in [3.05, 3.63) is 0 Å². The van der Waals surface area contributed by atoms with E-state index in [1.165, 1.54) is 57.8 Å². The first kappa shape index (κ1) is 20.9. The number of Topliss-reactive ketones (excluding diaryl/α,β-unsaturated/α-hetero) is 1. The Morgan fingerprint density at radius 3 is 2.12 bits per heavy atom. The smallest absolute Gasteiger partial charge is 0.136 e. The lowest BCUT2D eigenvalue weighted by Crippen LogP contribution is -2.36. The van der Waals surface area contributed by atoms with E-state index in [-0.39, 0.29) is 24.0 Å². The number of fused-ring (bicyclic) bond motifs is 1. The Kier molecular flexibility index (Phi) is 9.47. The van der Waals surface area contributed by atoms with Crippen molar-refractivity contribution < 1.29 is 15.0 Å². The Labute approximate surface area is 154 Å². The maximum absolute atomic E-state index is 11.5. The standard InChI is InChI=1S/C22H40O3/c1-2-3-4-5-6-7-8-9-10-11-12-17(23)13-14-18-19-15-22(25)20(19)16-21(18)24/h17-21,23-24H,2-16H2,1H3. The Morgan fingerprint density at radius 2 is 1.56 bits per heavy atom. The van der Waals surface area contributed by atoms with E-state index in [1.807, 2.05) is 0 Å². The van der Waals surface area contributed by atoms with Gasteiger partial charge in [-0.1, -0.05) is 71.1 Å². The number of carbonyl (C=O) groups is 1. The number of aliphatic hydroxyl groups is 2. The van der Waals surface area contributed by atoms with Crippen molar-refractivity contribution in [2.24, 2.45) is 17.8 Å². The van der Waals surface area contributed by atoms with Gasteiger partial charge in [0.1, 0.15) is 5.78 Å². The predicted octanol–water partition coefficient (Wildman–Crippen LogP) is 5.02. The lowest BCUT2D eigenvalue weighted by molar-refractivity contribution is -0.133. The third-order valence-electron chi connectivity index (χ3n) is 6.63. The zero-order valence-corrected chi connectivity index (χ0v) is 16.3. The van der Waals surface area contributed by atoms with Crippen LogP contribution in [0.15, 0.2) is 0 Å². The molecule has 2 saturated carbocycles. The van der Waals surface area contributed by atoms with Gasteiger partial charge in [0.2, 0.25) is 0 Å². The number of ketones is 1. The third kappa shape index (κ3) is 6.67. The van der Waals surface area contributed by atoms with Crippen LogP contribution < -0.4 is 0 Å². The highest BCUT2D eigenvalue weighted by molar-refractivity contribution is 5.88. The van der Waals surface area contributed by atoms with E-state index in [0.29, 0.717) is 24.5 Å². The van der Waals surface area contributed by atoms with Crippen LogP contribution in [-0.2, 0) is 4.79 Å². The summed E-state index contributed by atoms with van der Waals surface area (Å²) in [5.41, 5.74) is 0. The second kappa shape index (κ2) is 11.3. The average molecular weight is 353 g/mol. The summed E-state index contributed by atoms with van der Waals surface area (Å²) in [7, 11) is 0. The lowest BCUT2D eigenvalue weighted by atomic mass is 9.70. The summed E-state index contributed by atoms with van der Waals surface area (Å²) in [6, 6.07) is 0. The van der Waals surface area contributed by atoms with Crippen LogP contribution in [0.25, 0.3) is 0 Å². The summed E-state index contributed by atoms with van der Waals surface area (Å²) < 4.78 is 0. The minimum atomic E-state index is -0.314. The van der Waals surface area contributed by atoms with E-state index in [2.05, 4.69) is 6.92 Å². The molecule has 0 amide bonds. The molecule has 0 aliphatic heterocycles. The fourth-order valence-electron chi connectivity index (χ4n) is 4.88. The van der Waals surface area contributed by atoms with Crippen LogP contribution in [0.1, 0.15) is 103 Å². The Hall–Kier alpha value is -0.410. The van der Waals surface area contributed by atoms with Crippen LogP contribution in [0, 0.1) is 17.8 Å². The van der Waals surface area contributed by atoms with E-state index in [4.69, 9.17) is 0 Å². The molecule has 2 aliphatic rings. The van der Waals surface area contributed by atoms with Crippen molar-refractivity contribution in [2.45, 2.75) is 115 Å². The monoisotopic (exact) mass is 352 g/mol. The normalized spacial score (nSPS) is 29.5. The van der Waals surface area contributed by atoms with Gasteiger partial charge in [0, 0.05) is 12.3 Å². The molecule has 0 saturated heterocycles. The molecule has 0 aromatic heterocycles. The van der Waals surface area contributed by atoms with Crippen LogP contribution in [0.4, 0.5) is 0 Å². The highest BCUT2D eigenvalue weighted by Gasteiger charge is 2.52. The second-order valence-corrected chi connectivity index (χ2v) is 8.61. The van der Waals surface area contributed by atoms with E-state index in [9.17, 15) is 15.0 Å². The van der Waals surface area contributed by atoms with Crippen LogP contribution in [0.5, 0.6) is 0 Å². The maximum Gasteiger partial charge on any atom is 0.136 e. The summed E-state index contributed by atoms with van der Waals surface area (Å²) in [5.74, 6) is 1.15. The fraction of sp³-hybridized carbons (Fsp3) is 0.955. The molecule has 5 atom stereocenters. The van der Waals surface area contributed by atoms with Crippen LogP contribution in [-0.4, -0.2) is 28.2 Å². The topological polar surface area (TPSA) is 57.5 Å². The van der Waals surface area contributed by atoms with Crippen LogP contribution in [0.3, 0.4) is 0 Å². The highest BCUT2D eigenvalue weighted by atomic mass is 16.3. The van der Waals surface area contributed by atoms with Crippen molar-refractivity contribution in [2.75, 3.05) is 0 Å². The molecule has 2 rings (SSSR count). The first-order valence-electron chi connectivity index (χ1n) is 11.0. The summed E-state index contributed by atoms with van der Waals surface area (Å²) in [4.78, 5) is 11.5. The number of carbonyl (C=O) groups excluding carboxylic acids is 1. The third-order valence-corrected chi connectivity index (χ3v) is 6.63. The lowest BCUT2D eigenvalue weighted by Gasteiger charge is -2.32. The minimum absolute atomic E-state index is 0.138. The van der Waals surface area contributed by atoms with Gasteiger partial charge in [-0.15, -0.1) is 0 Å². The first-order valence-corrected chi connectivity index (χ1v) is 11.0. The molecule has 0 spiro atoms. The van der Waals surface area contributed by atoms with E-state index < -0.39 is 0 Å². The minimum Gasteiger partial charge on any atom is -0.393 e. The molecule has 0 aromatic carbocycles. The molecule has 5 unspecified atom stereocenters. The van der Waals surface area contributed by atoms with Gasteiger partial charge in [-0.25, -0.2) is 0 Å². The van der Waals surface area contributed by atoms with Crippen LogP contribution in [0.2, 0.25) is 0 Å². The molecular formula is C22H40O3.